The Hall–Kier alpha value is -1.97. The number of hydrogen-bond acceptors (Lipinski definition) is 3. The van der Waals surface area contributed by atoms with Gasteiger partial charge in [0.25, 0.3) is 0 Å². The molecule has 0 aromatic carbocycles. The number of nitrogens with zero attached hydrogens (tertiary/aromatic N) is 1. The summed E-state index contributed by atoms with van der Waals surface area (Å²) in [7, 11) is 1.92. The first-order valence-corrected chi connectivity index (χ1v) is 5.03. The van der Waals surface area contributed by atoms with Crippen LogP contribution in [0, 0.1) is 0 Å². The average Bonchev–Trinajstić information content (AvgIpc) is 2.71. The molecule has 0 saturated heterocycles. The maximum Gasteiger partial charge on any atom is 0.211 e. The van der Waals surface area contributed by atoms with Crippen LogP contribution in [-0.4, -0.2) is 18.4 Å². The lowest BCUT2D eigenvalue weighted by atomic mass is 10.3. The van der Waals surface area contributed by atoms with Gasteiger partial charge in [-0.05, 0) is 25.1 Å². The summed E-state index contributed by atoms with van der Waals surface area (Å²) < 4.78 is 5.23. The highest BCUT2D eigenvalue weighted by Crippen LogP contribution is 2.05. The topological polar surface area (TPSA) is 45.5 Å². The molecule has 0 aliphatic carbocycles. The number of furan rings is 1. The van der Waals surface area contributed by atoms with Gasteiger partial charge in [0, 0.05) is 13.2 Å². The number of hydrogen-bond donors (Lipinski definition) is 1. The molecular formula is C12H16N2O2. The number of carbonyl (C=O) groups excluding carboxylic acids is 1. The fourth-order valence-corrected chi connectivity index (χ4v) is 1.31. The van der Waals surface area contributed by atoms with E-state index in [4.69, 9.17) is 4.42 Å². The summed E-state index contributed by atoms with van der Waals surface area (Å²) in [6.07, 6.45) is 7.84. The van der Waals surface area contributed by atoms with Crippen LogP contribution in [0.4, 0.5) is 0 Å². The lowest BCUT2D eigenvalue weighted by molar-refractivity contribution is -0.108. The van der Waals surface area contributed by atoms with E-state index in [1.807, 2.05) is 49.4 Å². The van der Waals surface area contributed by atoms with Gasteiger partial charge in [0.15, 0.2) is 0 Å². The Morgan fingerprint density at radius 2 is 2.44 bits per heavy atom. The number of allylic oxidation sites excluding steroid dienone is 2. The zero-order chi connectivity index (χ0) is 11.8. The summed E-state index contributed by atoms with van der Waals surface area (Å²) in [4.78, 5) is 12.3. The molecule has 86 valence electrons. The molecule has 4 heteroatoms. The van der Waals surface area contributed by atoms with Crippen LogP contribution in [0.5, 0.6) is 0 Å². The third-order valence-electron chi connectivity index (χ3n) is 1.92. The first-order chi connectivity index (χ1) is 7.76. The van der Waals surface area contributed by atoms with Crippen LogP contribution in [0.3, 0.4) is 0 Å². The third kappa shape index (κ3) is 4.04. The number of carbonyl (C=O) groups is 1. The number of amides is 1. The summed E-state index contributed by atoms with van der Waals surface area (Å²) in [5.41, 5.74) is 0.742. The molecule has 1 aromatic heterocycles. The number of nitrogens with one attached hydrogen (secondary N) is 1. The van der Waals surface area contributed by atoms with E-state index in [1.165, 1.54) is 0 Å². The zero-order valence-electron chi connectivity index (χ0n) is 9.51. The highest BCUT2D eigenvalue weighted by molar-refractivity contribution is 5.51. The third-order valence-corrected chi connectivity index (χ3v) is 1.92. The van der Waals surface area contributed by atoms with Crippen molar-refractivity contribution in [3.63, 3.8) is 0 Å². The Bertz CT molecular complexity index is 366. The van der Waals surface area contributed by atoms with Crippen molar-refractivity contribution in [1.29, 1.82) is 0 Å². The van der Waals surface area contributed by atoms with E-state index in [0.717, 1.165) is 11.5 Å². The van der Waals surface area contributed by atoms with Gasteiger partial charge in [-0.15, -0.1) is 0 Å². The Morgan fingerprint density at radius 3 is 3.00 bits per heavy atom. The molecule has 0 aliphatic rings. The molecule has 0 saturated carbocycles. The molecule has 1 amide bonds. The molecule has 1 rings (SSSR count). The van der Waals surface area contributed by atoms with Crippen molar-refractivity contribution < 1.29 is 9.21 Å². The molecule has 0 bridgehead atoms. The van der Waals surface area contributed by atoms with Gasteiger partial charge >= 0.3 is 0 Å². The molecule has 1 N–H and O–H groups in total. The molecule has 0 aliphatic heterocycles. The predicted molar refractivity (Wildman–Crippen MR) is 62.3 cm³/mol. The van der Waals surface area contributed by atoms with Gasteiger partial charge in [0.1, 0.15) is 5.76 Å². The quantitative estimate of drug-likeness (QED) is 0.588. The maximum absolute atomic E-state index is 10.4. The van der Waals surface area contributed by atoms with Gasteiger partial charge in [0.2, 0.25) is 6.41 Å². The Kier molecular flexibility index (Phi) is 4.92. The molecule has 0 unspecified atom stereocenters. The molecule has 0 atom stereocenters. The molecule has 1 aromatic rings. The van der Waals surface area contributed by atoms with E-state index in [-0.39, 0.29) is 0 Å². The fraction of sp³-hybridized carbons (Fsp3) is 0.250. The van der Waals surface area contributed by atoms with Gasteiger partial charge < -0.3 is 14.6 Å². The Morgan fingerprint density at radius 1 is 1.62 bits per heavy atom. The SMILES string of the molecule is C/C=C\C(=C/N(C)Cc1ccco1)NC=O. The van der Waals surface area contributed by atoms with Crippen LogP contribution in [-0.2, 0) is 11.3 Å². The normalized spacial score (nSPS) is 11.8. The van der Waals surface area contributed by atoms with Gasteiger partial charge in [-0.2, -0.15) is 0 Å². The van der Waals surface area contributed by atoms with Crippen molar-refractivity contribution in [3.8, 4) is 0 Å². The highest BCUT2D eigenvalue weighted by atomic mass is 16.3. The average molecular weight is 220 g/mol. The fourth-order valence-electron chi connectivity index (χ4n) is 1.31. The first-order valence-electron chi connectivity index (χ1n) is 5.03. The Labute approximate surface area is 95.2 Å². The summed E-state index contributed by atoms with van der Waals surface area (Å²) in [6.45, 7) is 2.56. The van der Waals surface area contributed by atoms with Crippen molar-refractivity contribution in [3.05, 3.63) is 48.2 Å². The lowest BCUT2D eigenvalue weighted by Gasteiger charge is -2.13. The van der Waals surface area contributed by atoms with Crippen molar-refractivity contribution in [1.82, 2.24) is 10.2 Å². The van der Waals surface area contributed by atoms with Crippen molar-refractivity contribution >= 4 is 6.41 Å². The molecule has 0 radical (unpaired) electrons. The van der Waals surface area contributed by atoms with E-state index >= 15 is 0 Å². The van der Waals surface area contributed by atoms with E-state index in [0.29, 0.717) is 13.0 Å². The molecule has 0 fully saturated rings. The summed E-state index contributed by atoms with van der Waals surface area (Å²) in [5, 5.41) is 2.62. The Balaban J connectivity index is 2.61. The second kappa shape index (κ2) is 6.50. The first kappa shape index (κ1) is 12.1. The number of rotatable bonds is 6. The van der Waals surface area contributed by atoms with Crippen molar-refractivity contribution in [2.45, 2.75) is 13.5 Å². The molecule has 0 spiro atoms. The smallest absolute Gasteiger partial charge is 0.211 e. The maximum atomic E-state index is 10.4. The van der Waals surface area contributed by atoms with E-state index in [9.17, 15) is 4.79 Å². The van der Waals surface area contributed by atoms with E-state index < -0.39 is 0 Å². The van der Waals surface area contributed by atoms with Gasteiger partial charge in [-0.25, -0.2) is 0 Å². The minimum Gasteiger partial charge on any atom is -0.467 e. The van der Waals surface area contributed by atoms with Crippen molar-refractivity contribution in [2.75, 3.05) is 7.05 Å². The standard InChI is InChI=1S/C12H16N2O2/c1-3-5-11(13-10-15)8-14(2)9-12-6-4-7-16-12/h3-8,10H,9H2,1-2H3,(H,13,15)/b5-3-,11-8+. The summed E-state index contributed by atoms with van der Waals surface area (Å²) in [5.74, 6) is 0.879. The van der Waals surface area contributed by atoms with Crippen LogP contribution < -0.4 is 5.32 Å². The van der Waals surface area contributed by atoms with E-state index in [2.05, 4.69) is 5.32 Å². The van der Waals surface area contributed by atoms with Crippen LogP contribution in [0.25, 0.3) is 0 Å². The molecule has 1 heterocycles. The summed E-state index contributed by atoms with van der Waals surface area (Å²) >= 11 is 0. The second-order valence-corrected chi connectivity index (χ2v) is 3.34. The minimum absolute atomic E-state index is 0.659. The summed E-state index contributed by atoms with van der Waals surface area (Å²) in [6, 6.07) is 3.76. The highest BCUT2D eigenvalue weighted by Gasteiger charge is 1.99. The van der Waals surface area contributed by atoms with Gasteiger partial charge in [0.05, 0.1) is 18.5 Å². The monoisotopic (exact) mass is 220 g/mol. The zero-order valence-corrected chi connectivity index (χ0v) is 9.51. The van der Waals surface area contributed by atoms with Gasteiger partial charge in [-0.1, -0.05) is 6.08 Å². The van der Waals surface area contributed by atoms with Crippen LogP contribution in [0.1, 0.15) is 12.7 Å². The van der Waals surface area contributed by atoms with Crippen LogP contribution in [0.2, 0.25) is 0 Å². The molecule has 4 nitrogen and oxygen atoms in total. The largest absolute Gasteiger partial charge is 0.467 e. The van der Waals surface area contributed by atoms with Crippen LogP contribution >= 0.6 is 0 Å². The molecular weight excluding hydrogens is 204 g/mol. The predicted octanol–water partition coefficient (Wildman–Crippen LogP) is 1.87. The minimum atomic E-state index is 0.659. The van der Waals surface area contributed by atoms with Crippen molar-refractivity contribution in [2.24, 2.45) is 0 Å². The van der Waals surface area contributed by atoms with Crippen LogP contribution in [0.15, 0.2) is 46.9 Å². The van der Waals surface area contributed by atoms with E-state index in [1.54, 1.807) is 6.26 Å². The molecule has 16 heavy (non-hydrogen) atoms. The lowest BCUT2D eigenvalue weighted by Crippen LogP contribution is -2.16. The van der Waals surface area contributed by atoms with Gasteiger partial charge in [-0.3, -0.25) is 4.79 Å². The second-order valence-electron chi connectivity index (χ2n) is 3.34.